The van der Waals surface area contributed by atoms with Crippen LogP contribution >= 0.6 is 0 Å². The fourth-order valence-corrected chi connectivity index (χ4v) is 4.13. The highest BCUT2D eigenvalue weighted by Gasteiger charge is 2.40. The number of hydrogen-bond acceptors (Lipinski definition) is 3. The van der Waals surface area contributed by atoms with Crippen molar-refractivity contribution < 1.29 is 4.43 Å². The maximum Gasteiger partial charge on any atom is 0.183 e. The second-order valence-corrected chi connectivity index (χ2v) is 12.3. The fraction of sp³-hybridized carbons (Fsp3) is 0.632. The predicted octanol–water partition coefficient (Wildman–Crippen LogP) is 4.59. The molecule has 1 aliphatic heterocycles. The van der Waals surface area contributed by atoms with E-state index in [0.717, 1.165) is 12.8 Å². The average Bonchev–Trinajstić information content (AvgIpc) is 2.91. The number of likely N-dealkylation sites (tertiary alicyclic amines) is 1. The van der Waals surface area contributed by atoms with Gasteiger partial charge in [-0.05, 0) is 44.0 Å². The Morgan fingerprint density at radius 3 is 2.39 bits per heavy atom. The first-order chi connectivity index (χ1) is 10.8. The molecular formula is C19H30N2OSi. The summed E-state index contributed by atoms with van der Waals surface area (Å²) in [7, 11) is -1.59. The number of nitrogens with zero attached hydrogens (tertiary/aromatic N) is 2. The van der Waals surface area contributed by atoms with Crippen molar-refractivity contribution in [1.29, 1.82) is 5.26 Å². The Hall–Kier alpha value is -1.15. The summed E-state index contributed by atoms with van der Waals surface area (Å²) in [5, 5.41) is 9.64. The second kappa shape index (κ2) is 7.61. The first kappa shape index (κ1) is 18.2. The lowest BCUT2D eigenvalue weighted by Gasteiger charge is -2.38. The second-order valence-electron chi connectivity index (χ2n) is 7.83. The van der Waals surface area contributed by atoms with Gasteiger partial charge in [0.2, 0.25) is 0 Å². The van der Waals surface area contributed by atoms with Gasteiger partial charge < -0.3 is 4.43 Å². The van der Waals surface area contributed by atoms with E-state index in [4.69, 9.17) is 4.43 Å². The van der Waals surface area contributed by atoms with Gasteiger partial charge in [-0.2, -0.15) is 5.26 Å². The zero-order chi connectivity index (χ0) is 17.0. The van der Waals surface area contributed by atoms with E-state index in [1.165, 1.54) is 5.56 Å². The Kier molecular flexibility index (Phi) is 6.02. The van der Waals surface area contributed by atoms with Crippen molar-refractivity contribution in [1.82, 2.24) is 4.90 Å². The molecule has 0 N–H and O–H groups in total. The number of rotatable bonds is 6. The highest BCUT2D eigenvalue weighted by Crippen LogP contribution is 2.37. The van der Waals surface area contributed by atoms with Crippen molar-refractivity contribution in [2.24, 2.45) is 5.92 Å². The molecule has 23 heavy (non-hydrogen) atoms. The van der Waals surface area contributed by atoms with Crippen molar-refractivity contribution in [3.63, 3.8) is 0 Å². The monoisotopic (exact) mass is 330 g/mol. The van der Waals surface area contributed by atoms with Gasteiger partial charge >= 0.3 is 0 Å². The van der Waals surface area contributed by atoms with Gasteiger partial charge in [-0.1, -0.05) is 44.2 Å². The minimum atomic E-state index is -1.59. The SMILES string of the molecule is CC(C)[C@@H]1CC[C@@H](C#N)N1[C@H](CO[Si](C)(C)C)c1ccccc1. The van der Waals surface area contributed by atoms with E-state index in [-0.39, 0.29) is 12.1 Å². The summed E-state index contributed by atoms with van der Waals surface area (Å²) in [5.74, 6) is 0.548. The largest absolute Gasteiger partial charge is 0.416 e. The zero-order valence-electron chi connectivity index (χ0n) is 15.1. The van der Waals surface area contributed by atoms with Gasteiger partial charge in [-0.25, -0.2) is 0 Å². The summed E-state index contributed by atoms with van der Waals surface area (Å²) in [5.41, 5.74) is 1.26. The van der Waals surface area contributed by atoms with Crippen molar-refractivity contribution in [2.45, 2.75) is 64.5 Å². The van der Waals surface area contributed by atoms with Crippen LogP contribution in [0.3, 0.4) is 0 Å². The molecule has 1 aromatic carbocycles. The molecule has 0 amide bonds. The summed E-state index contributed by atoms with van der Waals surface area (Å²) in [6, 6.07) is 13.7. The quantitative estimate of drug-likeness (QED) is 0.716. The Morgan fingerprint density at radius 2 is 1.87 bits per heavy atom. The molecule has 0 aliphatic carbocycles. The Labute approximate surface area is 142 Å². The van der Waals surface area contributed by atoms with Crippen LogP contribution in [0, 0.1) is 17.2 Å². The van der Waals surface area contributed by atoms with E-state index >= 15 is 0 Å². The first-order valence-corrected chi connectivity index (χ1v) is 12.1. The van der Waals surface area contributed by atoms with Crippen LogP contribution in [0.15, 0.2) is 30.3 Å². The zero-order valence-corrected chi connectivity index (χ0v) is 16.1. The average molecular weight is 331 g/mol. The molecule has 126 valence electrons. The van der Waals surface area contributed by atoms with Gasteiger partial charge in [0.1, 0.15) is 0 Å². The summed E-state index contributed by atoms with van der Waals surface area (Å²) >= 11 is 0. The molecule has 1 aliphatic rings. The van der Waals surface area contributed by atoms with E-state index in [9.17, 15) is 5.26 Å². The van der Waals surface area contributed by atoms with Gasteiger partial charge in [-0.15, -0.1) is 0 Å². The lowest BCUT2D eigenvalue weighted by atomic mass is 9.98. The van der Waals surface area contributed by atoms with Crippen LogP contribution < -0.4 is 0 Å². The number of hydrogen-bond donors (Lipinski definition) is 0. The van der Waals surface area contributed by atoms with Gasteiger partial charge in [0, 0.05) is 6.04 Å². The van der Waals surface area contributed by atoms with Crippen LogP contribution in [0.25, 0.3) is 0 Å². The molecule has 0 aromatic heterocycles. The topological polar surface area (TPSA) is 36.3 Å². The maximum absolute atomic E-state index is 9.64. The Morgan fingerprint density at radius 1 is 1.22 bits per heavy atom. The molecule has 0 bridgehead atoms. The molecule has 0 saturated carbocycles. The third-order valence-electron chi connectivity index (χ3n) is 4.62. The van der Waals surface area contributed by atoms with Crippen LogP contribution in [0.1, 0.15) is 38.3 Å². The van der Waals surface area contributed by atoms with Crippen LogP contribution in [0.5, 0.6) is 0 Å². The van der Waals surface area contributed by atoms with E-state index in [0.29, 0.717) is 18.6 Å². The van der Waals surface area contributed by atoms with Gasteiger partial charge in [0.25, 0.3) is 0 Å². The molecule has 1 fully saturated rings. The highest BCUT2D eigenvalue weighted by molar-refractivity contribution is 6.69. The molecule has 3 nitrogen and oxygen atoms in total. The molecule has 0 radical (unpaired) electrons. The van der Waals surface area contributed by atoms with Crippen LogP contribution in [-0.2, 0) is 4.43 Å². The van der Waals surface area contributed by atoms with Gasteiger partial charge in [0.05, 0.1) is 24.8 Å². The molecule has 1 saturated heterocycles. The molecule has 1 aromatic rings. The summed E-state index contributed by atoms with van der Waals surface area (Å²) in [4.78, 5) is 2.43. The van der Waals surface area contributed by atoms with E-state index in [1.807, 2.05) is 6.07 Å². The minimum absolute atomic E-state index is 0.00200. The molecule has 4 heteroatoms. The van der Waals surface area contributed by atoms with Crippen LogP contribution in [0.2, 0.25) is 19.6 Å². The van der Waals surface area contributed by atoms with E-state index in [1.54, 1.807) is 0 Å². The third kappa shape index (κ3) is 4.66. The summed E-state index contributed by atoms with van der Waals surface area (Å²) in [6.07, 6.45) is 2.07. The first-order valence-electron chi connectivity index (χ1n) is 8.69. The van der Waals surface area contributed by atoms with Crippen molar-refractivity contribution >= 4 is 8.32 Å². The Balaban J connectivity index is 2.32. The predicted molar refractivity (Wildman–Crippen MR) is 97.6 cm³/mol. The van der Waals surface area contributed by atoms with Gasteiger partial charge in [0.15, 0.2) is 8.32 Å². The minimum Gasteiger partial charge on any atom is -0.416 e. The van der Waals surface area contributed by atoms with Crippen molar-refractivity contribution in [2.75, 3.05) is 6.61 Å². The lowest BCUT2D eigenvalue weighted by molar-refractivity contribution is 0.0812. The van der Waals surface area contributed by atoms with Crippen LogP contribution in [-0.4, -0.2) is 31.9 Å². The standard InChI is InChI=1S/C19H30N2OSi/c1-15(2)18-12-11-17(13-20)21(18)19(14-22-23(3,4)5)16-9-7-6-8-10-16/h6-10,15,17-19H,11-12,14H2,1-5H3/t17-,18-,19+/m0/s1. The van der Waals surface area contributed by atoms with Gasteiger partial charge in [-0.3, -0.25) is 4.90 Å². The smallest absolute Gasteiger partial charge is 0.183 e. The number of nitriles is 1. The molecule has 1 heterocycles. The molecular weight excluding hydrogens is 300 g/mol. The van der Waals surface area contributed by atoms with Crippen molar-refractivity contribution in [3.8, 4) is 6.07 Å². The molecule has 2 rings (SSSR count). The normalized spacial score (nSPS) is 23.9. The molecule has 3 atom stereocenters. The molecule has 0 unspecified atom stereocenters. The van der Waals surface area contributed by atoms with E-state index in [2.05, 4.69) is 68.7 Å². The summed E-state index contributed by atoms with van der Waals surface area (Å²) < 4.78 is 6.27. The molecule has 0 spiro atoms. The third-order valence-corrected chi connectivity index (χ3v) is 5.65. The number of benzene rings is 1. The lowest BCUT2D eigenvalue weighted by Crippen LogP contribution is -2.44. The summed E-state index contributed by atoms with van der Waals surface area (Å²) in [6.45, 7) is 11.9. The van der Waals surface area contributed by atoms with E-state index < -0.39 is 8.32 Å². The highest BCUT2D eigenvalue weighted by atomic mass is 28.4. The Bertz CT molecular complexity index is 533. The fourth-order valence-electron chi connectivity index (χ4n) is 3.47. The van der Waals surface area contributed by atoms with Crippen LogP contribution in [0.4, 0.5) is 0 Å². The maximum atomic E-state index is 9.64. The van der Waals surface area contributed by atoms with Crippen molar-refractivity contribution in [3.05, 3.63) is 35.9 Å².